The molecule has 1 aromatic heterocycles. The number of aromatic nitrogens is 2. The van der Waals surface area contributed by atoms with Crippen molar-refractivity contribution in [2.75, 3.05) is 0 Å². The molecule has 0 radical (unpaired) electrons. The molecule has 3 rings (SSSR count). The maximum Gasteiger partial charge on any atom is 0.159 e. The standard InChI is InChI=1S/C17H17N3/c1-11(18)16-10-19-17(20-12(16)2)15-9-5-7-13-6-3-4-8-14(13)15/h3-11H,18H2,1-2H3/t11-/m1/s1. The molecule has 0 aliphatic rings. The molecule has 3 aromatic rings. The second-order valence-corrected chi connectivity index (χ2v) is 5.05. The summed E-state index contributed by atoms with van der Waals surface area (Å²) >= 11 is 0. The summed E-state index contributed by atoms with van der Waals surface area (Å²) in [5, 5.41) is 2.37. The number of hydrogen-bond donors (Lipinski definition) is 1. The Morgan fingerprint density at radius 2 is 1.80 bits per heavy atom. The number of benzene rings is 2. The molecule has 2 aromatic carbocycles. The summed E-state index contributed by atoms with van der Waals surface area (Å²) in [6.45, 7) is 3.93. The summed E-state index contributed by atoms with van der Waals surface area (Å²) in [7, 11) is 0. The molecule has 0 aliphatic heterocycles. The summed E-state index contributed by atoms with van der Waals surface area (Å²) in [6.07, 6.45) is 1.84. The molecule has 3 nitrogen and oxygen atoms in total. The third-order valence-corrected chi connectivity index (χ3v) is 3.54. The van der Waals surface area contributed by atoms with Gasteiger partial charge in [0, 0.05) is 29.1 Å². The van der Waals surface area contributed by atoms with Crippen molar-refractivity contribution in [2.45, 2.75) is 19.9 Å². The van der Waals surface area contributed by atoms with Crippen LogP contribution in [0, 0.1) is 6.92 Å². The first-order valence-electron chi connectivity index (χ1n) is 6.74. The van der Waals surface area contributed by atoms with Crippen LogP contribution in [0.3, 0.4) is 0 Å². The van der Waals surface area contributed by atoms with E-state index in [1.54, 1.807) is 0 Å². The van der Waals surface area contributed by atoms with E-state index >= 15 is 0 Å². The van der Waals surface area contributed by atoms with Crippen molar-refractivity contribution in [1.82, 2.24) is 9.97 Å². The minimum absolute atomic E-state index is 0.0448. The summed E-state index contributed by atoms with van der Waals surface area (Å²) in [5.74, 6) is 0.753. The van der Waals surface area contributed by atoms with Crippen LogP contribution in [0.15, 0.2) is 48.7 Å². The summed E-state index contributed by atoms with van der Waals surface area (Å²) in [5.41, 5.74) is 8.91. The lowest BCUT2D eigenvalue weighted by Gasteiger charge is -2.11. The van der Waals surface area contributed by atoms with Gasteiger partial charge >= 0.3 is 0 Å². The minimum atomic E-state index is -0.0448. The van der Waals surface area contributed by atoms with Crippen molar-refractivity contribution in [3.8, 4) is 11.4 Å². The maximum atomic E-state index is 5.91. The van der Waals surface area contributed by atoms with Gasteiger partial charge in [0.15, 0.2) is 5.82 Å². The van der Waals surface area contributed by atoms with Crippen LogP contribution in [0.1, 0.15) is 24.2 Å². The predicted octanol–water partition coefficient (Wildman–Crippen LogP) is 3.62. The van der Waals surface area contributed by atoms with E-state index in [0.717, 1.165) is 22.6 Å². The zero-order valence-corrected chi connectivity index (χ0v) is 11.7. The topological polar surface area (TPSA) is 51.8 Å². The highest BCUT2D eigenvalue weighted by Gasteiger charge is 2.10. The molecule has 2 N–H and O–H groups in total. The first kappa shape index (κ1) is 12.8. The van der Waals surface area contributed by atoms with Crippen molar-refractivity contribution < 1.29 is 0 Å². The molecule has 0 saturated carbocycles. The fraction of sp³-hybridized carbons (Fsp3) is 0.176. The van der Waals surface area contributed by atoms with Gasteiger partial charge in [0.05, 0.1) is 0 Å². The van der Waals surface area contributed by atoms with Crippen LogP contribution < -0.4 is 5.73 Å². The highest BCUT2D eigenvalue weighted by Crippen LogP contribution is 2.26. The molecule has 0 spiro atoms. The van der Waals surface area contributed by atoms with Crippen molar-refractivity contribution in [2.24, 2.45) is 5.73 Å². The zero-order valence-electron chi connectivity index (χ0n) is 11.7. The molecular weight excluding hydrogens is 246 g/mol. The highest BCUT2D eigenvalue weighted by molar-refractivity contribution is 5.94. The summed E-state index contributed by atoms with van der Waals surface area (Å²) in [6, 6.07) is 14.4. The van der Waals surface area contributed by atoms with E-state index in [0.29, 0.717) is 0 Å². The molecule has 0 aliphatic carbocycles. The molecule has 0 bridgehead atoms. The van der Waals surface area contributed by atoms with E-state index in [2.05, 4.69) is 34.2 Å². The van der Waals surface area contributed by atoms with Gasteiger partial charge in [-0.1, -0.05) is 42.5 Å². The zero-order chi connectivity index (χ0) is 14.1. The van der Waals surface area contributed by atoms with Gasteiger partial charge in [-0.2, -0.15) is 0 Å². The SMILES string of the molecule is Cc1nc(-c2cccc3ccccc23)ncc1[C@@H](C)N. The van der Waals surface area contributed by atoms with Gasteiger partial charge in [0.25, 0.3) is 0 Å². The van der Waals surface area contributed by atoms with Crippen LogP contribution in [-0.4, -0.2) is 9.97 Å². The number of nitrogens with two attached hydrogens (primary N) is 1. The van der Waals surface area contributed by atoms with Gasteiger partial charge in [0.1, 0.15) is 0 Å². The monoisotopic (exact) mass is 263 g/mol. The van der Waals surface area contributed by atoms with E-state index in [1.807, 2.05) is 38.2 Å². The van der Waals surface area contributed by atoms with Crippen molar-refractivity contribution in [3.63, 3.8) is 0 Å². The summed E-state index contributed by atoms with van der Waals surface area (Å²) < 4.78 is 0. The van der Waals surface area contributed by atoms with Crippen LogP contribution in [0.25, 0.3) is 22.2 Å². The first-order chi connectivity index (χ1) is 9.66. The van der Waals surface area contributed by atoms with Crippen LogP contribution in [0.4, 0.5) is 0 Å². The Bertz CT molecular complexity index is 758. The van der Waals surface area contributed by atoms with Crippen LogP contribution >= 0.6 is 0 Å². The van der Waals surface area contributed by atoms with Crippen LogP contribution in [0.2, 0.25) is 0 Å². The number of aryl methyl sites for hydroxylation is 1. The largest absolute Gasteiger partial charge is 0.324 e. The van der Waals surface area contributed by atoms with E-state index in [1.165, 1.54) is 10.8 Å². The Kier molecular flexibility index (Phi) is 3.20. The molecule has 0 unspecified atom stereocenters. The number of nitrogens with zero attached hydrogens (tertiary/aromatic N) is 2. The average molecular weight is 263 g/mol. The van der Waals surface area contributed by atoms with Gasteiger partial charge < -0.3 is 5.73 Å². The van der Waals surface area contributed by atoms with E-state index in [-0.39, 0.29) is 6.04 Å². The molecule has 0 amide bonds. The predicted molar refractivity (Wildman–Crippen MR) is 82.3 cm³/mol. The molecule has 20 heavy (non-hydrogen) atoms. The molecule has 1 atom stereocenters. The lowest BCUT2D eigenvalue weighted by molar-refractivity contribution is 0.790. The van der Waals surface area contributed by atoms with E-state index in [9.17, 15) is 0 Å². The smallest absolute Gasteiger partial charge is 0.159 e. The minimum Gasteiger partial charge on any atom is -0.324 e. The Morgan fingerprint density at radius 1 is 1.05 bits per heavy atom. The van der Waals surface area contributed by atoms with Gasteiger partial charge in [-0.15, -0.1) is 0 Å². The van der Waals surface area contributed by atoms with Crippen molar-refractivity contribution >= 4 is 10.8 Å². The molecular formula is C17H17N3. The first-order valence-corrected chi connectivity index (χ1v) is 6.74. The molecule has 3 heteroatoms. The summed E-state index contributed by atoms with van der Waals surface area (Å²) in [4.78, 5) is 9.11. The fourth-order valence-corrected chi connectivity index (χ4v) is 2.47. The van der Waals surface area contributed by atoms with Gasteiger partial charge in [0.2, 0.25) is 0 Å². The van der Waals surface area contributed by atoms with E-state index < -0.39 is 0 Å². The van der Waals surface area contributed by atoms with Gasteiger partial charge in [-0.25, -0.2) is 9.97 Å². The van der Waals surface area contributed by atoms with Gasteiger partial charge in [-0.3, -0.25) is 0 Å². The number of fused-ring (bicyclic) bond motifs is 1. The molecule has 0 fully saturated rings. The van der Waals surface area contributed by atoms with Crippen molar-refractivity contribution in [3.05, 3.63) is 59.9 Å². The Morgan fingerprint density at radius 3 is 2.55 bits per heavy atom. The molecule has 100 valence electrons. The molecule has 0 saturated heterocycles. The third kappa shape index (κ3) is 2.17. The normalized spacial score (nSPS) is 12.6. The quantitative estimate of drug-likeness (QED) is 0.768. The third-order valence-electron chi connectivity index (χ3n) is 3.54. The number of rotatable bonds is 2. The second-order valence-electron chi connectivity index (χ2n) is 5.05. The fourth-order valence-electron chi connectivity index (χ4n) is 2.47. The van der Waals surface area contributed by atoms with Gasteiger partial charge in [-0.05, 0) is 24.6 Å². The Hall–Kier alpha value is -2.26. The lowest BCUT2D eigenvalue weighted by atomic mass is 10.0. The Labute approximate surface area is 118 Å². The Balaban J connectivity index is 2.19. The number of hydrogen-bond acceptors (Lipinski definition) is 3. The van der Waals surface area contributed by atoms with Crippen LogP contribution in [0.5, 0.6) is 0 Å². The highest BCUT2D eigenvalue weighted by atomic mass is 14.9. The van der Waals surface area contributed by atoms with Crippen LogP contribution in [-0.2, 0) is 0 Å². The maximum absolute atomic E-state index is 5.91. The molecule has 1 heterocycles. The second kappa shape index (κ2) is 5.02. The van der Waals surface area contributed by atoms with Crippen molar-refractivity contribution in [1.29, 1.82) is 0 Å². The average Bonchev–Trinajstić information content (AvgIpc) is 2.46. The lowest BCUT2D eigenvalue weighted by Crippen LogP contribution is -2.09. The van der Waals surface area contributed by atoms with E-state index in [4.69, 9.17) is 5.73 Å².